The van der Waals surface area contributed by atoms with Gasteiger partial charge in [-0.1, -0.05) is 24.6 Å². The van der Waals surface area contributed by atoms with Gasteiger partial charge in [0.05, 0.1) is 86.1 Å². The fraction of sp³-hybridized carbons (Fsp3) is 0.510. The number of amides is 3. The summed E-state index contributed by atoms with van der Waals surface area (Å²) >= 11 is 0. The molecule has 0 aliphatic carbocycles. The van der Waals surface area contributed by atoms with Gasteiger partial charge in [-0.2, -0.15) is 38.2 Å². The van der Waals surface area contributed by atoms with Gasteiger partial charge in [0.15, 0.2) is 5.71 Å². The molecule has 0 saturated carbocycles. The molecule has 3 amide bonds. The van der Waals surface area contributed by atoms with Gasteiger partial charge in [-0.25, -0.2) is 0 Å². The van der Waals surface area contributed by atoms with Crippen LogP contribution in [0.1, 0.15) is 70.4 Å². The minimum atomic E-state index is -4.66. The summed E-state index contributed by atoms with van der Waals surface area (Å²) in [6.07, 6.45) is 12.4. The van der Waals surface area contributed by atoms with Crippen LogP contribution in [0, 0.1) is 0 Å². The first-order valence-corrected chi connectivity index (χ1v) is 30.5. The predicted octanol–water partition coefficient (Wildman–Crippen LogP) is 3.55. The number of nitrogens with zero attached hydrogens (tertiary/aromatic N) is 3. The Morgan fingerprint density at radius 2 is 1.20 bits per heavy atom. The van der Waals surface area contributed by atoms with Crippen LogP contribution in [-0.2, 0) is 84.6 Å². The number of nitrogens with one attached hydrogen (secondary N) is 1. The summed E-state index contributed by atoms with van der Waals surface area (Å²) < 4.78 is 158. The first-order chi connectivity index (χ1) is 35.6. The molecule has 5 N–H and O–H groups in total. The number of fused-ring (bicyclic) bond motifs is 2. The van der Waals surface area contributed by atoms with Crippen LogP contribution >= 0.6 is 0 Å². The van der Waals surface area contributed by atoms with Crippen molar-refractivity contribution in [2.45, 2.75) is 79.9 Å². The molecule has 3 aliphatic rings. The zero-order valence-corrected chi connectivity index (χ0v) is 45.8. The second-order valence-corrected chi connectivity index (χ2v) is 24.7. The number of imide groups is 1. The molecule has 0 spiro atoms. The minimum Gasteiger partial charge on any atom is -0.377 e. The molecule has 0 radical (unpaired) electrons. The van der Waals surface area contributed by atoms with Crippen LogP contribution < -0.4 is 10.2 Å². The molecule has 2 aromatic rings. The van der Waals surface area contributed by atoms with Crippen LogP contribution in [0.5, 0.6) is 0 Å². The molecule has 27 heteroatoms. The molecule has 0 aromatic heterocycles. The molecule has 2 aromatic carbocycles. The van der Waals surface area contributed by atoms with Crippen molar-refractivity contribution in [3.05, 3.63) is 95.8 Å². The highest BCUT2D eigenvalue weighted by atomic mass is 32.2. The normalized spacial score (nSPS) is 18.3. The monoisotopic (exact) mass is 1140 g/mol. The van der Waals surface area contributed by atoms with Gasteiger partial charge in [0.25, 0.3) is 52.3 Å². The Balaban J connectivity index is 1.20. The van der Waals surface area contributed by atoms with Crippen LogP contribution in [0.15, 0.2) is 94.4 Å². The van der Waals surface area contributed by atoms with Gasteiger partial charge in [0.1, 0.15) is 6.54 Å². The van der Waals surface area contributed by atoms with E-state index >= 15 is 0 Å². The summed E-state index contributed by atoms with van der Waals surface area (Å²) in [5.74, 6) is -2.04. The highest BCUT2D eigenvalue weighted by molar-refractivity contribution is 7.86. The third-order valence-corrected chi connectivity index (χ3v) is 16.2. The number of anilines is 1. The van der Waals surface area contributed by atoms with Crippen molar-refractivity contribution >= 4 is 75.3 Å². The van der Waals surface area contributed by atoms with Crippen LogP contribution in [0.25, 0.3) is 0 Å². The van der Waals surface area contributed by atoms with Gasteiger partial charge in [-0.3, -0.25) is 37.5 Å². The van der Waals surface area contributed by atoms with Gasteiger partial charge < -0.3 is 29.2 Å². The highest BCUT2D eigenvalue weighted by Crippen LogP contribution is 2.51. The standard InChI is InChI=1S/C49H66N4O19S4/c1-48(2)39-35-37(75(63,64)65)14-16-41(39)51(22-9-33-73(57,58)59)43(48)11-5-4-6-12-44-49(3,40-36-38(76(66,67)68)15-17-42(40)52(44)23-10-34-74(60,61)62)20-8-7-13-45(54)50-21-25-69-27-29-71-31-32-72-30-28-70-26-24-53-46(55)18-19-47(53)56/h4-6,11-12,14-19,35-36H,7-10,13,20-34H2,1-3H3,(H4-,50,54,57,58,59,60,61,62,63,64,65,66,67,68)/p+1. The Morgan fingerprint density at radius 3 is 1.79 bits per heavy atom. The lowest BCUT2D eigenvalue weighted by Crippen LogP contribution is -2.33. The molecular formula is C49H67N4O19S4+. The topological polar surface area (TPSA) is 327 Å². The molecule has 0 bridgehead atoms. The maximum absolute atomic E-state index is 12.8. The van der Waals surface area contributed by atoms with Crippen molar-refractivity contribution in [2.75, 3.05) is 95.4 Å². The summed E-state index contributed by atoms with van der Waals surface area (Å²) in [5.41, 5.74) is 1.58. The van der Waals surface area contributed by atoms with E-state index in [0.29, 0.717) is 79.6 Å². The molecule has 3 aliphatic heterocycles. The summed E-state index contributed by atoms with van der Waals surface area (Å²) in [4.78, 5) is 38.1. The summed E-state index contributed by atoms with van der Waals surface area (Å²) in [7, 11) is -17.9. The number of rotatable bonds is 33. The van der Waals surface area contributed by atoms with E-state index in [4.69, 9.17) is 18.9 Å². The van der Waals surface area contributed by atoms with E-state index < -0.39 is 62.8 Å². The second-order valence-electron chi connectivity index (χ2n) is 18.7. The van der Waals surface area contributed by atoms with E-state index in [-0.39, 0.29) is 99.4 Å². The van der Waals surface area contributed by atoms with Gasteiger partial charge in [0.2, 0.25) is 11.6 Å². The van der Waals surface area contributed by atoms with Crippen molar-refractivity contribution in [1.29, 1.82) is 0 Å². The number of hydrogen-bond donors (Lipinski definition) is 5. The molecule has 5 rings (SSSR count). The molecule has 0 fully saturated rings. The van der Waals surface area contributed by atoms with Gasteiger partial charge in [0, 0.05) is 72.6 Å². The van der Waals surface area contributed by atoms with Gasteiger partial charge >= 0.3 is 0 Å². The zero-order valence-electron chi connectivity index (χ0n) is 42.5. The van der Waals surface area contributed by atoms with E-state index in [2.05, 4.69) is 5.32 Å². The smallest absolute Gasteiger partial charge is 0.294 e. The molecule has 420 valence electrons. The Morgan fingerprint density at radius 1 is 0.645 bits per heavy atom. The molecule has 3 heterocycles. The first-order valence-electron chi connectivity index (χ1n) is 24.4. The number of ether oxygens (including phenoxy) is 4. The third-order valence-electron chi connectivity index (χ3n) is 12.8. The number of carbonyl (C=O) groups is 3. The maximum atomic E-state index is 12.8. The molecule has 23 nitrogen and oxygen atoms in total. The lowest BCUT2D eigenvalue weighted by atomic mass is 9.77. The second kappa shape index (κ2) is 27.0. The average molecular weight is 1140 g/mol. The largest absolute Gasteiger partial charge is 0.377 e. The molecule has 1 atom stereocenters. The predicted molar refractivity (Wildman–Crippen MR) is 279 cm³/mol. The van der Waals surface area contributed by atoms with Gasteiger partial charge in [-0.05, 0) is 82.0 Å². The van der Waals surface area contributed by atoms with E-state index in [1.165, 1.54) is 48.6 Å². The van der Waals surface area contributed by atoms with Crippen molar-refractivity contribution in [3.8, 4) is 0 Å². The van der Waals surface area contributed by atoms with Crippen LogP contribution in [0.4, 0.5) is 11.4 Å². The minimum absolute atomic E-state index is 0.0184. The van der Waals surface area contributed by atoms with Crippen molar-refractivity contribution in [3.63, 3.8) is 0 Å². The summed E-state index contributed by atoms with van der Waals surface area (Å²) in [6.45, 7) is 8.40. The SMILES string of the molecule is CC1(C)C(/C=C/C=C/C=C2/N(CCCS(=O)(=O)O)c3ccc(S(=O)(=O)O)cc3C2(C)CCCCC(=O)NCCOCCOCCOCCOCCN2C(=O)C=CC2=O)=[N+](CCCS(=O)(=O)O)c2ccc(S(=O)(=O)O)cc21. The quantitative estimate of drug-likeness (QED) is 0.0224. The van der Waals surface area contributed by atoms with Crippen LogP contribution in [0.3, 0.4) is 0 Å². The lowest BCUT2D eigenvalue weighted by molar-refractivity contribution is -0.437. The van der Waals surface area contributed by atoms with Gasteiger partial charge in [-0.15, -0.1) is 0 Å². The fourth-order valence-electron chi connectivity index (χ4n) is 9.10. The van der Waals surface area contributed by atoms with Crippen LogP contribution in [0.2, 0.25) is 0 Å². The Labute approximate surface area is 444 Å². The van der Waals surface area contributed by atoms with E-state index in [0.717, 1.165) is 4.90 Å². The average Bonchev–Trinajstić information content (AvgIpc) is 3.85. The third kappa shape index (κ3) is 17.7. The van der Waals surface area contributed by atoms with Crippen LogP contribution in [-0.4, -0.2) is 175 Å². The summed E-state index contributed by atoms with van der Waals surface area (Å²) in [5, 5.41) is 2.82. The highest BCUT2D eigenvalue weighted by Gasteiger charge is 2.46. The number of unbranched alkanes of at least 4 members (excludes halogenated alkanes) is 1. The molecular weight excluding hydrogens is 1080 g/mol. The number of carbonyl (C=O) groups excluding carboxylic acids is 3. The zero-order chi connectivity index (χ0) is 56.0. The first kappa shape index (κ1) is 61.8. The van der Waals surface area contributed by atoms with Crippen molar-refractivity contribution in [1.82, 2.24) is 10.2 Å². The van der Waals surface area contributed by atoms with E-state index in [1.807, 2.05) is 25.7 Å². The van der Waals surface area contributed by atoms with Crippen molar-refractivity contribution in [2.24, 2.45) is 0 Å². The Bertz CT molecular complexity index is 3040. The van der Waals surface area contributed by atoms with Crippen molar-refractivity contribution < 1.29 is 89.8 Å². The van der Waals surface area contributed by atoms with E-state index in [9.17, 15) is 66.3 Å². The number of hydrogen-bond acceptors (Lipinski definition) is 16. The summed E-state index contributed by atoms with van der Waals surface area (Å²) in [6, 6.07) is 8.21. The molecule has 0 saturated heterocycles. The van der Waals surface area contributed by atoms with E-state index in [1.54, 1.807) is 35.0 Å². The number of allylic oxidation sites excluding steroid dienone is 6. The Hall–Kier alpha value is -5.04. The molecule has 1 unspecified atom stereocenters. The number of benzene rings is 2. The maximum Gasteiger partial charge on any atom is 0.294 e. The lowest BCUT2D eigenvalue weighted by Gasteiger charge is -2.30. The molecule has 76 heavy (non-hydrogen) atoms. The fourth-order valence-corrected chi connectivity index (χ4v) is 11.1. The Kier molecular flexibility index (Phi) is 22.0.